The van der Waals surface area contributed by atoms with Gasteiger partial charge in [-0.3, -0.25) is 4.55 Å². The minimum Gasteiger partial charge on any atom is -0.478 e. The molecule has 47 heavy (non-hydrogen) atoms. The molecule has 0 aliphatic carbocycles. The second-order valence-corrected chi connectivity index (χ2v) is 14.9. The van der Waals surface area contributed by atoms with E-state index in [2.05, 4.69) is 24.8 Å². The number of esters is 1. The lowest BCUT2D eigenvalue weighted by Gasteiger charge is -2.41. The molecule has 3 aliphatic rings. The third-order valence-corrected chi connectivity index (χ3v) is 10.2. The standard InChI is InChI=1S/C36H36N2O8S/c1-19-16-35(2,3)37(6)28-14-30-26(12-23(19)28)32(22-10-9-20(34(41)45-8)11-25(22)33(39)40)27-13-24-21(18-47(42,43)44)17-36(4,5)38(7)29(24)15-31(27)46-30/h9-17H,18H2,1-8H3,(H-,39,40,42,43,44)/p+1. The largest absolute Gasteiger partial charge is 0.478 e. The lowest BCUT2D eigenvalue weighted by atomic mass is 9.83. The Morgan fingerprint density at radius 3 is 2.30 bits per heavy atom. The molecular formula is C36H37N2O8S+. The van der Waals surface area contributed by atoms with Gasteiger partial charge in [-0.15, -0.1) is 0 Å². The van der Waals surface area contributed by atoms with Gasteiger partial charge in [0.15, 0.2) is 5.54 Å². The van der Waals surface area contributed by atoms with Crippen molar-refractivity contribution in [1.82, 2.24) is 4.58 Å². The summed E-state index contributed by atoms with van der Waals surface area (Å²) in [4.78, 5) is 27.4. The second-order valence-electron chi connectivity index (χ2n) is 13.4. The summed E-state index contributed by atoms with van der Waals surface area (Å²) >= 11 is 0. The van der Waals surface area contributed by atoms with E-state index in [0.29, 0.717) is 49.9 Å². The number of fused-ring (bicyclic) bond motifs is 4. The van der Waals surface area contributed by atoms with E-state index in [1.807, 2.05) is 63.7 Å². The molecule has 3 aliphatic heterocycles. The molecule has 6 rings (SSSR count). The molecule has 3 heterocycles. The first-order valence-corrected chi connectivity index (χ1v) is 16.7. The zero-order valence-electron chi connectivity index (χ0n) is 27.5. The molecule has 10 nitrogen and oxygen atoms in total. The zero-order chi connectivity index (χ0) is 34.4. The van der Waals surface area contributed by atoms with Crippen molar-refractivity contribution in [2.45, 2.75) is 45.7 Å². The maximum absolute atomic E-state index is 12.8. The predicted octanol–water partition coefficient (Wildman–Crippen LogP) is 4.34. The molecule has 244 valence electrons. The fraction of sp³-hybridized carbons (Fsp3) is 0.306. The van der Waals surface area contributed by atoms with Gasteiger partial charge in [-0.2, -0.15) is 8.42 Å². The van der Waals surface area contributed by atoms with Gasteiger partial charge < -0.3 is 19.5 Å². The summed E-state index contributed by atoms with van der Waals surface area (Å²) in [6.45, 7) is 10.2. The van der Waals surface area contributed by atoms with Crippen LogP contribution in [0.3, 0.4) is 0 Å². The Morgan fingerprint density at radius 1 is 0.957 bits per heavy atom. The van der Waals surface area contributed by atoms with Gasteiger partial charge in [-0.25, -0.2) is 14.2 Å². The third kappa shape index (κ3) is 5.33. The highest BCUT2D eigenvalue weighted by Gasteiger charge is 2.36. The Kier molecular flexibility index (Phi) is 7.30. The van der Waals surface area contributed by atoms with Gasteiger partial charge in [-0.1, -0.05) is 12.1 Å². The number of carbonyl (C=O) groups is 2. The lowest BCUT2D eigenvalue weighted by Crippen LogP contribution is -2.47. The van der Waals surface area contributed by atoms with E-state index in [9.17, 15) is 27.7 Å². The number of anilines is 1. The number of likely N-dealkylation sites (N-methyl/N-ethyl adjacent to an activating group) is 2. The van der Waals surface area contributed by atoms with E-state index in [4.69, 9.17) is 9.47 Å². The van der Waals surface area contributed by atoms with E-state index in [1.165, 1.54) is 19.2 Å². The number of ether oxygens (including phenoxy) is 2. The van der Waals surface area contributed by atoms with Gasteiger partial charge in [0, 0.05) is 54.6 Å². The number of rotatable bonds is 5. The number of allylic oxidation sites excluding steroid dienone is 1. The molecule has 3 aromatic rings. The molecule has 0 radical (unpaired) electrons. The molecular weight excluding hydrogens is 620 g/mol. The van der Waals surface area contributed by atoms with E-state index in [-0.39, 0.29) is 16.7 Å². The Hall–Kier alpha value is -4.74. The minimum atomic E-state index is -4.39. The lowest BCUT2D eigenvalue weighted by molar-refractivity contribution is 0.0600. The summed E-state index contributed by atoms with van der Waals surface area (Å²) in [5, 5.41) is 11.6. The van der Waals surface area contributed by atoms with Crippen LogP contribution in [-0.2, 0) is 14.9 Å². The van der Waals surface area contributed by atoms with Crippen LogP contribution >= 0.6 is 0 Å². The minimum absolute atomic E-state index is 0.0856. The zero-order valence-corrected chi connectivity index (χ0v) is 28.4. The number of methoxy groups -OCH3 is 1. The van der Waals surface area contributed by atoms with Crippen molar-refractivity contribution in [1.29, 1.82) is 0 Å². The number of aromatic carboxylic acids is 1. The molecule has 0 bridgehead atoms. The SMILES string of the molecule is COC(=O)c1ccc(C2=c3cc4c(cc3Oc3cc5c(cc32)C(C)=CC(C)(C)N5C)=[N+](C)C(C)(C)C=C4CS(=O)(=O)O)c(C(=O)O)c1. The fourth-order valence-electron chi connectivity index (χ4n) is 6.81. The van der Waals surface area contributed by atoms with Crippen LogP contribution in [0.4, 0.5) is 5.69 Å². The number of hydrogen-bond acceptors (Lipinski definition) is 7. The average molecular weight is 658 g/mol. The maximum Gasteiger partial charge on any atom is 0.337 e. The summed E-state index contributed by atoms with van der Waals surface area (Å²) in [7, 11) is 0.744. The summed E-state index contributed by atoms with van der Waals surface area (Å²) < 4.78 is 47.7. The first-order chi connectivity index (χ1) is 21.8. The van der Waals surface area contributed by atoms with Crippen LogP contribution in [0.5, 0.6) is 11.5 Å². The van der Waals surface area contributed by atoms with Crippen molar-refractivity contribution in [3.8, 4) is 11.5 Å². The van der Waals surface area contributed by atoms with Crippen molar-refractivity contribution in [2.75, 3.05) is 31.9 Å². The maximum atomic E-state index is 12.8. The van der Waals surface area contributed by atoms with Crippen LogP contribution in [-0.4, -0.2) is 68.1 Å². The molecule has 0 amide bonds. The molecule has 3 aromatic carbocycles. The van der Waals surface area contributed by atoms with Crippen LogP contribution in [0.1, 0.15) is 77.6 Å². The van der Waals surface area contributed by atoms with Gasteiger partial charge in [0.25, 0.3) is 10.1 Å². The topological polar surface area (TPSA) is 133 Å². The van der Waals surface area contributed by atoms with Crippen molar-refractivity contribution >= 4 is 44.5 Å². The van der Waals surface area contributed by atoms with E-state index < -0.39 is 33.3 Å². The van der Waals surface area contributed by atoms with E-state index in [0.717, 1.165) is 16.8 Å². The molecule has 0 atom stereocenters. The van der Waals surface area contributed by atoms with E-state index in [1.54, 1.807) is 12.1 Å². The molecule has 0 unspecified atom stereocenters. The Bertz CT molecular complexity index is 2240. The van der Waals surface area contributed by atoms with Gasteiger partial charge in [0.1, 0.15) is 24.3 Å². The van der Waals surface area contributed by atoms with Crippen molar-refractivity contribution < 1.29 is 37.1 Å². The van der Waals surface area contributed by atoms with Crippen LogP contribution in [0.25, 0.3) is 16.7 Å². The molecule has 0 aromatic heterocycles. The quantitative estimate of drug-likeness (QED) is 0.183. The smallest absolute Gasteiger partial charge is 0.337 e. The first kappa shape index (κ1) is 32.2. The van der Waals surface area contributed by atoms with Crippen LogP contribution in [0.2, 0.25) is 0 Å². The Labute approximate surface area is 273 Å². The number of nitrogens with zero attached hydrogens (tertiary/aromatic N) is 2. The highest BCUT2D eigenvalue weighted by molar-refractivity contribution is 7.86. The predicted molar refractivity (Wildman–Crippen MR) is 180 cm³/mol. The van der Waals surface area contributed by atoms with E-state index >= 15 is 0 Å². The summed E-state index contributed by atoms with van der Waals surface area (Å²) in [6, 6.07) is 12.0. The number of hydrogen-bond donors (Lipinski definition) is 2. The third-order valence-electron chi connectivity index (χ3n) is 9.55. The van der Waals surface area contributed by atoms with Crippen molar-refractivity contribution in [3.05, 3.63) is 98.6 Å². The van der Waals surface area contributed by atoms with Crippen molar-refractivity contribution in [3.63, 3.8) is 0 Å². The molecule has 0 saturated carbocycles. The highest BCUT2D eigenvalue weighted by Crippen LogP contribution is 2.46. The van der Waals surface area contributed by atoms with Gasteiger partial charge in [-0.05, 0) is 67.8 Å². The first-order valence-electron chi connectivity index (χ1n) is 15.1. The summed E-state index contributed by atoms with van der Waals surface area (Å²) in [5.41, 5.74) is 4.53. The fourth-order valence-corrected chi connectivity index (χ4v) is 7.44. The van der Waals surface area contributed by atoms with Crippen LogP contribution < -0.4 is 24.8 Å². The Balaban J connectivity index is 1.77. The number of carbonyl (C=O) groups excluding carboxylic acids is 1. The number of benzene rings is 3. The summed E-state index contributed by atoms with van der Waals surface area (Å²) in [6.07, 6.45) is 3.98. The Morgan fingerprint density at radius 2 is 1.66 bits per heavy atom. The monoisotopic (exact) mass is 657 g/mol. The average Bonchev–Trinajstić information content (AvgIpc) is 2.98. The van der Waals surface area contributed by atoms with Gasteiger partial charge in [0.2, 0.25) is 5.36 Å². The number of carboxylic acid groups (broad SMARTS) is 1. The molecule has 11 heteroatoms. The van der Waals surface area contributed by atoms with Crippen LogP contribution in [0.15, 0.2) is 54.6 Å². The van der Waals surface area contributed by atoms with Gasteiger partial charge >= 0.3 is 11.9 Å². The van der Waals surface area contributed by atoms with Crippen molar-refractivity contribution in [2.24, 2.45) is 0 Å². The second kappa shape index (κ2) is 10.6. The molecule has 2 N–H and O–H groups in total. The molecule has 0 spiro atoms. The van der Waals surface area contributed by atoms with Gasteiger partial charge in [0.05, 0.1) is 35.4 Å². The normalized spacial score (nSPS) is 17.3. The number of carboxylic acids is 1. The molecule has 0 fully saturated rings. The van der Waals surface area contributed by atoms with Crippen LogP contribution in [0, 0.1) is 0 Å². The highest BCUT2D eigenvalue weighted by atomic mass is 32.2. The summed E-state index contributed by atoms with van der Waals surface area (Å²) in [5.74, 6) is -1.55. The molecule has 0 saturated heterocycles.